The number of carbonyl (C=O) groups is 2. The van der Waals surface area contributed by atoms with Crippen LogP contribution in [0.3, 0.4) is 0 Å². The van der Waals surface area contributed by atoms with Crippen molar-refractivity contribution in [3.05, 3.63) is 46.1 Å². The summed E-state index contributed by atoms with van der Waals surface area (Å²) in [7, 11) is 0. The third-order valence-electron chi connectivity index (χ3n) is 6.54. The number of fused-ring (bicyclic) bond motifs is 1. The molecule has 4 rings (SSSR count). The number of benzene rings is 1. The smallest absolute Gasteiger partial charge is 0.410 e. The normalized spacial score (nSPS) is 15.2. The van der Waals surface area contributed by atoms with E-state index in [-0.39, 0.29) is 24.5 Å². The van der Waals surface area contributed by atoms with Crippen LogP contribution < -0.4 is 4.74 Å². The van der Waals surface area contributed by atoms with Crippen molar-refractivity contribution >= 4 is 23.7 Å². The van der Waals surface area contributed by atoms with E-state index in [4.69, 9.17) is 25.6 Å². The second kappa shape index (κ2) is 11.8. The van der Waals surface area contributed by atoms with Crippen molar-refractivity contribution in [2.75, 3.05) is 6.54 Å². The fourth-order valence-electron chi connectivity index (χ4n) is 4.82. The highest BCUT2D eigenvalue weighted by molar-refractivity contribution is 6.32. The molecule has 0 spiro atoms. The minimum atomic E-state index is -0.863. The molecule has 10 nitrogen and oxygen atoms in total. The van der Waals surface area contributed by atoms with Crippen LogP contribution in [0.1, 0.15) is 76.6 Å². The maximum Gasteiger partial charge on any atom is 0.410 e. The van der Waals surface area contributed by atoms with Crippen LogP contribution in [0.15, 0.2) is 28.9 Å². The molecule has 214 valence electrons. The van der Waals surface area contributed by atoms with E-state index in [1.807, 2.05) is 53.7 Å². The predicted molar refractivity (Wildman–Crippen MR) is 149 cm³/mol. The van der Waals surface area contributed by atoms with Crippen molar-refractivity contribution in [2.45, 2.75) is 85.0 Å². The monoisotopic (exact) mass is 570 g/mol. The van der Waals surface area contributed by atoms with Gasteiger partial charge in [-0.2, -0.15) is 4.98 Å². The van der Waals surface area contributed by atoms with Crippen LogP contribution in [0.25, 0.3) is 22.8 Å². The molecule has 1 aliphatic rings. The molecule has 1 aromatic carbocycles. The van der Waals surface area contributed by atoms with Crippen molar-refractivity contribution < 1.29 is 28.7 Å². The van der Waals surface area contributed by atoms with Gasteiger partial charge in [0.1, 0.15) is 10.6 Å². The molecule has 3 aromatic rings. The molecule has 40 heavy (non-hydrogen) atoms. The van der Waals surface area contributed by atoms with E-state index in [0.717, 1.165) is 22.3 Å². The van der Waals surface area contributed by atoms with Crippen LogP contribution in [0.5, 0.6) is 5.88 Å². The summed E-state index contributed by atoms with van der Waals surface area (Å²) in [5.41, 5.74) is 3.78. The van der Waals surface area contributed by atoms with Gasteiger partial charge in [-0.3, -0.25) is 4.79 Å². The number of carboxylic acids is 1. The minimum Gasteiger partial charge on any atom is -0.481 e. The summed E-state index contributed by atoms with van der Waals surface area (Å²) >= 11 is 6.34. The van der Waals surface area contributed by atoms with Gasteiger partial charge in [0.2, 0.25) is 11.7 Å². The summed E-state index contributed by atoms with van der Waals surface area (Å²) in [6.07, 6.45) is 2.70. The highest BCUT2D eigenvalue weighted by Crippen LogP contribution is 2.39. The molecule has 11 heteroatoms. The number of amides is 1. The lowest BCUT2D eigenvalue weighted by atomic mass is 9.85. The van der Waals surface area contributed by atoms with Gasteiger partial charge in [0.05, 0.1) is 17.7 Å². The van der Waals surface area contributed by atoms with Crippen LogP contribution in [-0.4, -0.2) is 55.4 Å². The zero-order chi connectivity index (χ0) is 29.2. The maximum atomic E-state index is 13.1. The van der Waals surface area contributed by atoms with Crippen molar-refractivity contribution in [1.82, 2.24) is 20.0 Å². The van der Waals surface area contributed by atoms with Gasteiger partial charge in [0.25, 0.3) is 5.89 Å². The first kappa shape index (κ1) is 29.3. The molecule has 3 heterocycles. The van der Waals surface area contributed by atoms with Gasteiger partial charge in [0.15, 0.2) is 0 Å². The highest BCUT2D eigenvalue weighted by Gasteiger charge is 2.35. The average Bonchev–Trinajstić information content (AvgIpc) is 3.34. The number of rotatable bonds is 8. The number of ether oxygens (including phenoxy) is 2. The number of carbonyl (C=O) groups excluding carboxylic acids is 1. The second-order valence-corrected chi connectivity index (χ2v) is 11.5. The first-order chi connectivity index (χ1) is 18.8. The molecule has 1 unspecified atom stereocenters. The van der Waals surface area contributed by atoms with E-state index in [9.17, 15) is 14.7 Å². The first-order valence-corrected chi connectivity index (χ1v) is 13.7. The van der Waals surface area contributed by atoms with Crippen molar-refractivity contribution in [2.24, 2.45) is 0 Å². The lowest BCUT2D eigenvalue weighted by molar-refractivity contribution is -0.137. The Balaban J connectivity index is 1.63. The quantitative estimate of drug-likeness (QED) is 0.317. The molecule has 0 saturated carbocycles. The average molecular weight is 571 g/mol. The molecule has 1 amide bonds. The summed E-state index contributed by atoms with van der Waals surface area (Å²) in [5, 5.41) is 13.7. The fourth-order valence-corrected chi connectivity index (χ4v) is 5.03. The second-order valence-electron chi connectivity index (χ2n) is 11.1. The third-order valence-corrected chi connectivity index (χ3v) is 6.81. The first-order valence-electron chi connectivity index (χ1n) is 13.3. The number of aromatic nitrogens is 3. The van der Waals surface area contributed by atoms with Crippen LogP contribution in [0, 0.1) is 6.92 Å². The molecule has 1 aliphatic heterocycles. The summed E-state index contributed by atoms with van der Waals surface area (Å²) in [6, 6.07) is 5.25. The molecule has 0 radical (unpaired) electrons. The van der Waals surface area contributed by atoms with Gasteiger partial charge in [-0.1, -0.05) is 28.9 Å². The molecular formula is C29H35ClN4O6. The Labute approximate surface area is 238 Å². The van der Waals surface area contributed by atoms with Crippen molar-refractivity contribution in [3.8, 4) is 28.7 Å². The Morgan fingerprint density at radius 3 is 2.67 bits per heavy atom. The van der Waals surface area contributed by atoms with Gasteiger partial charge >= 0.3 is 12.1 Å². The standard InChI is InChI=1S/C29H35ClN4O6/c1-16(2)38-27-22(30)14-18(15-31-27)26-32-25(33-40-26)20-10-11-21-19(17(20)3)12-13-34(28(37)39-29(4,5)6)23(21)8-7-9-24(35)36/h10-11,14-16,23H,7-9,12-13H2,1-6H3,(H,35,36). The van der Waals surface area contributed by atoms with Crippen LogP contribution in [0.4, 0.5) is 4.79 Å². The number of nitrogens with zero attached hydrogens (tertiary/aromatic N) is 4. The molecule has 0 bridgehead atoms. The van der Waals surface area contributed by atoms with Gasteiger partial charge in [0, 0.05) is 24.7 Å². The van der Waals surface area contributed by atoms with Gasteiger partial charge in [-0.25, -0.2) is 9.78 Å². The van der Waals surface area contributed by atoms with E-state index in [1.165, 1.54) is 0 Å². The Bertz CT molecular complexity index is 1400. The van der Waals surface area contributed by atoms with Gasteiger partial charge in [-0.05, 0) is 83.6 Å². The van der Waals surface area contributed by atoms with Crippen molar-refractivity contribution in [3.63, 3.8) is 0 Å². The molecule has 1 N–H and O–H groups in total. The number of hydrogen-bond donors (Lipinski definition) is 1. The van der Waals surface area contributed by atoms with Crippen LogP contribution in [0.2, 0.25) is 5.02 Å². The lowest BCUT2D eigenvalue weighted by Crippen LogP contribution is -2.43. The zero-order valence-electron chi connectivity index (χ0n) is 23.7. The third kappa shape index (κ3) is 6.72. The molecule has 2 aromatic heterocycles. The molecular weight excluding hydrogens is 536 g/mol. The highest BCUT2D eigenvalue weighted by atomic mass is 35.5. The summed E-state index contributed by atoms with van der Waals surface area (Å²) < 4.78 is 16.8. The van der Waals surface area contributed by atoms with Crippen LogP contribution in [-0.2, 0) is 16.0 Å². The zero-order valence-corrected chi connectivity index (χ0v) is 24.4. The number of halogens is 1. The predicted octanol–water partition coefficient (Wildman–Crippen LogP) is 6.64. The number of pyridine rings is 1. The number of carboxylic acid groups (broad SMARTS) is 1. The molecule has 0 aliphatic carbocycles. The summed E-state index contributed by atoms with van der Waals surface area (Å²) in [5.74, 6) is 0.174. The molecule has 0 fully saturated rings. The van der Waals surface area contributed by atoms with Crippen LogP contribution >= 0.6 is 11.6 Å². The SMILES string of the molecule is Cc1c(-c2noc(-c3cnc(OC(C)C)c(Cl)c3)n2)ccc2c1CCN(C(=O)OC(C)(C)C)C2CCCC(=O)O. The van der Waals surface area contributed by atoms with E-state index >= 15 is 0 Å². The van der Waals surface area contributed by atoms with E-state index < -0.39 is 17.7 Å². The number of hydrogen-bond acceptors (Lipinski definition) is 8. The Morgan fingerprint density at radius 2 is 2.02 bits per heavy atom. The maximum absolute atomic E-state index is 13.1. The Morgan fingerprint density at radius 1 is 1.27 bits per heavy atom. The Kier molecular flexibility index (Phi) is 8.68. The Hall–Kier alpha value is -3.66. The van der Waals surface area contributed by atoms with Gasteiger partial charge in [-0.15, -0.1) is 0 Å². The fraction of sp³-hybridized carbons (Fsp3) is 0.483. The summed E-state index contributed by atoms with van der Waals surface area (Å²) in [4.78, 5) is 34.8. The van der Waals surface area contributed by atoms with E-state index in [2.05, 4.69) is 15.1 Å². The largest absolute Gasteiger partial charge is 0.481 e. The summed E-state index contributed by atoms with van der Waals surface area (Å²) in [6.45, 7) is 11.7. The lowest BCUT2D eigenvalue weighted by Gasteiger charge is -2.39. The van der Waals surface area contributed by atoms with Crippen molar-refractivity contribution in [1.29, 1.82) is 0 Å². The molecule has 1 atom stereocenters. The number of aliphatic carboxylic acids is 1. The minimum absolute atomic E-state index is 0.0279. The molecule has 0 saturated heterocycles. The van der Waals surface area contributed by atoms with E-state index in [1.54, 1.807) is 17.2 Å². The van der Waals surface area contributed by atoms with E-state index in [0.29, 0.717) is 48.1 Å². The van der Waals surface area contributed by atoms with Gasteiger partial charge < -0.3 is 24.0 Å². The topological polar surface area (TPSA) is 128 Å².